The monoisotopic (exact) mass is 199 g/mol. The van der Waals surface area contributed by atoms with E-state index in [1.165, 1.54) is 6.20 Å². The smallest absolute Gasteiger partial charge is 0.269 e. The summed E-state index contributed by atoms with van der Waals surface area (Å²) in [5.41, 5.74) is 7.02. The van der Waals surface area contributed by atoms with E-state index in [2.05, 4.69) is 10.2 Å². The first-order chi connectivity index (χ1) is 7.29. The SMILES string of the molecule is NC(=O)c1nnccc1-c1ccccc1. The van der Waals surface area contributed by atoms with Crippen molar-refractivity contribution in [1.29, 1.82) is 0 Å². The molecule has 2 N–H and O–H groups in total. The summed E-state index contributed by atoms with van der Waals surface area (Å²) in [5.74, 6) is -0.568. The maximum atomic E-state index is 11.1. The molecule has 0 fully saturated rings. The maximum absolute atomic E-state index is 11.1. The third-order valence-electron chi connectivity index (χ3n) is 2.04. The number of hydrogen-bond donors (Lipinski definition) is 1. The Morgan fingerprint density at radius 2 is 1.87 bits per heavy atom. The Balaban J connectivity index is 2.58. The number of amides is 1. The first-order valence-electron chi connectivity index (χ1n) is 4.46. The summed E-state index contributed by atoms with van der Waals surface area (Å²) >= 11 is 0. The van der Waals surface area contributed by atoms with Gasteiger partial charge in [0.25, 0.3) is 5.91 Å². The molecule has 1 aromatic heterocycles. The Hall–Kier alpha value is -2.23. The van der Waals surface area contributed by atoms with Crippen molar-refractivity contribution < 1.29 is 4.79 Å². The van der Waals surface area contributed by atoms with Gasteiger partial charge in [-0.05, 0) is 11.6 Å². The maximum Gasteiger partial charge on any atom is 0.269 e. The summed E-state index contributed by atoms with van der Waals surface area (Å²) in [6, 6.07) is 11.2. The van der Waals surface area contributed by atoms with Gasteiger partial charge in [0.1, 0.15) is 0 Å². The second-order valence-electron chi connectivity index (χ2n) is 3.02. The third kappa shape index (κ3) is 1.83. The molecule has 0 saturated heterocycles. The Kier molecular flexibility index (Phi) is 2.41. The summed E-state index contributed by atoms with van der Waals surface area (Å²) < 4.78 is 0. The highest BCUT2D eigenvalue weighted by molar-refractivity contribution is 5.97. The van der Waals surface area contributed by atoms with E-state index in [-0.39, 0.29) is 5.69 Å². The van der Waals surface area contributed by atoms with Crippen molar-refractivity contribution in [2.75, 3.05) is 0 Å². The molecular weight excluding hydrogens is 190 g/mol. The van der Waals surface area contributed by atoms with Gasteiger partial charge in [0, 0.05) is 5.56 Å². The minimum absolute atomic E-state index is 0.198. The van der Waals surface area contributed by atoms with E-state index < -0.39 is 5.91 Å². The van der Waals surface area contributed by atoms with Crippen LogP contribution in [-0.4, -0.2) is 16.1 Å². The van der Waals surface area contributed by atoms with Gasteiger partial charge in [0.15, 0.2) is 5.69 Å². The molecule has 15 heavy (non-hydrogen) atoms. The van der Waals surface area contributed by atoms with Gasteiger partial charge in [0.2, 0.25) is 0 Å². The van der Waals surface area contributed by atoms with Crippen molar-refractivity contribution in [2.24, 2.45) is 5.73 Å². The normalized spacial score (nSPS) is 9.87. The van der Waals surface area contributed by atoms with Gasteiger partial charge in [-0.2, -0.15) is 5.10 Å². The molecule has 1 amide bonds. The number of primary amides is 1. The number of hydrogen-bond acceptors (Lipinski definition) is 3. The average molecular weight is 199 g/mol. The largest absolute Gasteiger partial charge is 0.364 e. The number of nitrogens with zero attached hydrogens (tertiary/aromatic N) is 2. The van der Waals surface area contributed by atoms with Gasteiger partial charge in [0.05, 0.1) is 6.20 Å². The molecule has 0 saturated carbocycles. The minimum atomic E-state index is -0.568. The van der Waals surface area contributed by atoms with Crippen LogP contribution in [0, 0.1) is 0 Å². The highest BCUT2D eigenvalue weighted by Crippen LogP contribution is 2.20. The molecule has 4 nitrogen and oxygen atoms in total. The summed E-state index contributed by atoms with van der Waals surface area (Å²) in [4.78, 5) is 11.1. The number of carbonyl (C=O) groups excluding carboxylic acids is 1. The van der Waals surface area contributed by atoms with Crippen LogP contribution in [0.2, 0.25) is 0 Å². The zero-order valence-electron chi connectivity index (χ0n) is 7.92. The zero-order chi connectivity index (χ0) is 10.7. The number of rotatable bonds is 2. The predicted octanol–water partition coefficient (Wildman–Crippen LogP) is 1.24. The summed E-state index contributed by atoms with van der Waals surface area (Å²) in [5, 5.41) is 7.37. The lowest BCUT2D eigenvalue weighted by Gasteiger charge is -2.03. The topological polar surface area (TPSA) is 68.9 Å². The van der Waals surface area contributed by atoms with Crippen molar-refractivity contribution in [1.82, 2.24) is 10.2 Å². The molecule has 0 aliphatic rings. The van der Waals surface area contributed by atoms with E-state index in [1.54, 1.807) is 6.07 Å². The minimum Gasteiger partial charge on any atom is -0.364 e. The summed E-state index contributed by atoms with van der Waals surface area (Å²) in [6.45, 7) is 0. The second-order valence-corrected chi connectivity index (χ2v) is 3.02. The Bertz CT molecular complexity index is 482. The molecule has 2 aromatic rings. The second kappa shape index (κ2) is 3.88. The first kappa shape index (κ1) is 9.33. The average Bonchev–Trinajstić information content (AvgIpc) is 2.30. The molecule has 0 radical (unpaired) electrons. The van der Waals surface area contributed by atoms with E-state index in [0.717, 1.165) is 5.56 Å². The molecule has 2 rings (SSSR count). The van der Waals surface area contributed by atoms with Crippen LogP contribution >= 0.6 is 0 Å². The zero-order valence-corrected chi connectivity index (χ0v) is 7.92. The Labute approximate surface area is 86.8 Å². The van der Waals surface area contributed by atoms with Crippen molar-refractivity contribution in [3.05, 3.63) is 48.3 Å². The van der Waals surface area contributed by atoms with Crippen molar-refractivity contribution >= 4 is 5.91 Å². The quantitative estimate of drug-likeness (QED) is 0.791. The lowest BCUT2D eigenvalue weighted by molar-refractivity contribution is 0.0995. The van der Waals surface area contributed by atoms with E-state index in [1.807, 2.05) is 30.3 Å². The van der Waals surface area contributed by atoms with Gasteiger partial charge >= 0.3 is 0 Å². The van der Waals surface area contributed by atoms with Crippen LogP contribution < -0.4 is 5.73 Å². The summed E-state index contributed by atoms with van der Waals surface area (Å²) in [6.07, 6.45) is 1.54. The van der Waals surface area contributed by atoms with Crippen LogP contribution in [0.1, 0.15) is 10.5 Å². The predicted molar refractivity (Wildman–Crippen MR) is 56.0 cm³/mol. The van der Waals surface area contributed by atoms with Crippen LogP contribution in [0.5, 0.6) is 0 Å². The molecule has 4 heteroatoms. The van der Waals surface area contributed by atoms with Crippen molar-refractivity contribution in [2.45, 2.75) is 0 Å². The van der Waals surface area contributed by atoms with Crippen LogP contribution in [0.3, 0.4) is 0 Å². The highest BCUT2D eigenvalue weighted by atomic mass is 16.1. The number of carbonyl (C=O) groups is 1. The van der Waals surface area contributed by atoms with E-state index in [0.29, 0.717) is 5.56 Å². The van der Waals surface area contributed by atoms with Gasteiger partial charge in [-0.1, -0.05) is 30.3 Å². The Morgan fingerprint density at radius 3 is 2.53 bits per heavy atom. The lowest BCUT2D eigenvalue weighted by Crippen LogP contribution is -2.15. The van der Waals surface area contributed by atoms with E-state index >= 15 is 0 Å². The van der Waals surface area contributed by atoms with Crippen molar-refractivity contribution in [3.63, 3.8) is 0 Å². The van der Waals surface area contributed by atoms with Gasteiger partial charge in [-0.25, -0.2) is 0 Å². The Morgan fingerprint density at radius 1 is 1.13 bits per heavy atom. The fourth-order valence-electron chi connectivity index (χ4n) is 1.36. The first-order valence-corrected chi connectivity index (χ1v) is 4.46. The fourth-order valence-corrected chi connectivity index (χ4v) is 1.36. The molecule has 0 unspecified atom stereocenters. The van der Waals surface area contributed by atoms with Crippen LogP contribution in [0.25, 0.3) is 11.1 Å². The van der Waals surface area contributed by atoms with Gasteiger partial charge < -0.3 is 5.73 Å². The molecule has 0 aliphatic heterocycles. The number of benzene rings is 1. The van der Waals surface area contributed by atoms with Gasteiger partial charge in [-0.3, -0.25) is 4.79 Å². The van der Waals surface area contributed by atoms with Gasteiger partial charge in [-0.15, -0.1) is 5.10 Å². The van der Waals surface area contributed by atoms with Crippen LogP contribution in [0.15, 0.2) is 42.6 Å². The van der Waals surface area contributed by atoms with E-state index in [9.17, 15) is 4.79 Å². The summed E-state index contributed by atoms with van der Waals surface area (Å²) in [7, 11) is 0. The molecule has 0 bridgehead atoms. The molecule has 74 valence electrons. The number of aromatic nitrogens is 2. The molecule has 1 heterocycles. The van der Waals surface area contributed by atoms with Crippen LogP contribution in [0.4, 0.5) is 0 Å². The standard InChI is InChI=1S/C11H9N3O/c12-11(15)10-9(6-7-13-14-10)8-4-2-1-3-5-8/h1-7H,(H2,12,15). The molecule has 0 atom stereocenters. The third-order valence-corrected chi connectivity index (χ3v) is 2.04. The lowest BCUT2D eigenvalue weighted by atomic mass is 10.0. The van der Waals surface area contributed by atoms with Crippen LogP contribution in [-0.2, 0) is 0 Å². The molecular formula is C11H9N3O. The molecule has 0 spiro atoms. The highest BCUT2D eigenvalue weighted by Gasteiger charge is 2.10. The molecule has 0 aliphatic carbocycles. The van der Waals surface area contributed by atoms with Crippen molar-refractivity contribution in [3.8, 4) is 11.1 Å². The number of nitrogens with two attached hydrogens (primary N) is 1. The fraction of sp³-hybridized carbons (Fsp3) is 0. The van der Waals surface area contributed by atoms with E-state index in [4.69, 9.17) is 5.73 Å². The molecule has 1 aromatic carbocycles.